The van der Waals surface area contributed by atoms with Crippen molar-refractivity contribution in [2.75, 3.05) is 6.26 Å². The summed E-state index contributed by atoms with van der Waals surface area (Å²) < 4.78 is 0. The summed E-state index contributed by atoms with van der Waals surface area (Å²) in [6.45, 7) is 0. The van der Waals surface area contributed by atoms with Crippen LogP contribution >= 0.6 is 11.8 Å². The van der Waals surface area contributed by atoms with Crippen molar-refractivity contribution in [3.63, 3.8) is 0 Å². The van der Waals surface area contributed by atoms with E-state index in [1.54, 1.807) is 11.8 Å². The van der Waals surface area contributed by atoms with Crippen molar-refractivity contribution < 1.29 is 0 Å². The van der Waals surface area contributed by atoms with Gasteiger partial charge in [-0.15, -0.1) is 11.8 Å². The van der Waals surface area contributed by atoms with Gasteiger partial charge in [0.05, 0.1) is 0 Å². The van der Waals surface area contributed by atoms with Crippen LogP contribution in [-0.4, -0.2) is 6.26 Å². The second kappa shape index (κ2) is 4.84. The smallest absolute Gasteiger partial charge is 0.0165 e. The maximum absolute atomic E-state index is 3.21. The van der Waals surface area contributed by atoms with Crippen molar-refractivity contribution in [2.24, 2.45) is 5.92 Å². The Labute approximate surface area is 68.1 Å². The molecular formula is C9H15S. The zero-order valence-corrected chi connectivity index (χ0v) is 7.41. The summed E-state index contributed by atoms with van der Waals surface area (Å²) in [6.07, 6.45) is 11.4. The third-order valence-electron chi connectivity index (χ3n) is 2.07. The van der Waals surface area contributed by atoms with Gasteiger partial charge in [0.2, 0.25) is 0 Å². The van der Waals surface area contributed by atoms with Crippen molar-refractivity contribution in [3.8, 4) is 0 Å². The first-order valence-corrected chi connectivity index (χ1v) is 5.28. The third-order valence-corrected chi connectivity index (χ3v) is 2.44. The van der Waals surface area contributed by atoms with E-state index in [1.165, 1.54) is 32.1 Å². The van der Waals surface area contributed by atoms with Gasteiger partial charge in [0, 0.05) is 5.41 Å². The maximum Gasteiger partial charge on any atom is 0.0165 e. The molecule has 57 valence electrons. The predicted molar refractivity (Wildman–Crippen MR) is 47.9 cm³/mol. The van der Waals surface area contributed by atoms with Crippen LogP contribution in [0.15, 0.2) is 6.08 Å². The molecule has 0 aliphatic heterocycles. The molecule has 10 heavy (non-hydrogen) atoms. The quantitative estimate of drug-likeness (QED) is 0.590. The first-order valence-electron chi connectivity index (χ1n) is 4.05. The van der Waals surface area contributed by atoms with E-state index in [0.29, 0.717) is 0 Å². The lowest BCUT2D eigenvalue weighted by atomic mass is 9.90. The summed E-state index contributed by atoms with van der Waals surface area (Å²) in [5.74, 6) is 0.848. The Balaban J connectivity index is 2.19. The minimum atomic E-state index is 0.848. The van der Waals surface area contributed by atoms with E-state index in [2.05, 4.69) is 17.7 Å². The fourth-order valence-electron chi connectivity index (χ4n) is 1.47. The van der Waals surface area contributed by atoms with Gasteiger partial charge >= 0.3 is 0 Å². The highest BCUT2D eigenvalue weighted by molar-refractivity contribution is 8.00. The molecule has 1 heteroatoms. The Hall–Kier alpha value is 0.0900. The van der Waals surface area contributed by atoms with Crippen molar-refractivity contribution in [3.05, 3.63) is 11.5 Å². The molecule has 0 aromatic rings. The molecule has 0 nitrogen and oxygen atoms in total. The summed E-state index contributed by atoms with van der Waals surface area (Å²) in [6, 6.07) is 0. The topological polar surface area (TPSA) is 0 Å². The number of hydrogen-bond acceptors (Lipinski definition) is 1. The molecule has 0 aromatic carbocycles. The highest BCUT2D eigenvalue weighted by atomic mass is 32.2. The zero-order chi connectivity index (χ0) is 7.23. The van der Waals surface area contributed by atoms with Crippen LogP contribution in [0.5, 0.6) is 0 Å². The van der Waals surface area contributed by atoms with Gasteiger partial charge in [0.15, 0.2) is 0 Å². The van der Waals surface area contributed by atoms with Crippen molar-refractivity contribution >= 4 is 11.8 Å². The van der Waals surface area contributed by atoms with Crippen LogP contribution in [0.2, 0.25) is 0 Å². The Bertz CT molecular complexity index is 101. The van der Waals surface area contributed by atoms with E-state index in [4.69, 9.17) is 0 Å². The van der Waals surface area contributed by atoms with Crippen LogP contribution < -0.4 is 0 Å². The van der Waals surface area contributed by atoms with E-state index >= 15 is 0 Å². The molecule has 0 bridgehead atoms. The molecule has 1 fully saturated rings. The van der Waals surface area contributed by atoms with Gasteiger partial charge in [-0.2, -0.15) is 0 Å². The normalized spacial score (nSPS) is 22.1. The third kappa shape index (κ3) is 2.78. The largest absolute Gasteiger partial charge is 0.129 e. The standard InChI is InChI=1S/C9H15S/c1-10-8-7-9-5-3-2-4-6-9/h7,9H,2-6H2,1H3. The summed E-state index contributed by atoms with van der Waals surface area (Å²) in [7, 11) is 0. The molecule has 0 aromatic heterocycles. The van der Waals surface area contributed by atoms with Crippen LogP contribution in [0.3, 0.4) is 0 Å². The minimum Gasteiger partial charge on any atom is -0.129 e. The number of rotatable bonds is 2. The maximum atomic E-state index is 3.21. The van der Waals surface area contributed by atoms with Crippen LogP contribution in [0.1, 0.15) is 32.1 Å². The average molecular weight is 155 g/mol. The van der Waals surface area contributed by atoms with Crippen molar-refractivity contribution in [1.82, 2.24) is 0 Å². The Morgan fingerprint density at radius 3 is 2.60 bits per heavy atom. The summed E-state index contributed by atoms with van der Waals surface area (Å²) >= 11 is 1.69. The molecule has 0 spiro atoms. The van der Waals surface area contributed by atoms with Crippen LogP contribution in [0.25, 0.3) is 0 Å². The molecule has 1 saturated carbocycles. The molecule has 1 radical (unpaired) electrons. The van der Waals surface area contributed by atoms with Gasteiger partial charge in [-0.05, 0) is 25.0 Å². The molecule has 0 atom stereocenters. The highest BCUT2D eigenvalue weighted by Gasteiger charge is 2.08. The van der Waals surface area contributed by atoms with Gasteiger partial charge in [-0.1, -0.05) is 25.3 Å². The molecule has 0 saturated heterocycles. The molecule has 0 amide bonds. The second-order valence-corrected chi connectivity index (χ2v) is 3.53. The van der Waals surface area contributed by atoms with Crippen molar-refractivity contribution in [2.45, 2.75) is 32.1 Å². The predicted octanol–water partition coefficient (Wildman–Crippen LogP) is 3.25. The molecule has 0 N–H and O–H groups in total. The van der Waals surface area contributed by atoms with Crippen molar-refractivity contribution in [1.29, 1.82) is 0 Å². The first-order chi connectivity index (χ1) is 4.93. The molecule has 1 aliphatic carbocycles. The fraction of sp³-hybridized carbons (Fsp3) is 0.778. The number of allylic oxidation sites excluding steroid dienone is 1. The Morgan fingerprint density at radius 2 is 2.00 bits per heavy atom. The molecule has 1 rings (SSSR count). The van der Waals surface area contributed by atoms with E-state index in [0.717, 1.165) is 5.92 Å². The van der Waals surface area contributed by atoms with E-state index in [1.807, 2.05) is 0 Å². The lowest BCUT2D eigenvalue weighted by Crippen LogP contribution is -2.02. The van der Waals surface area contributed by atoms with E-state index in [9.17, 15) is 0 Å². The number of thioether (sulfide) groups is 1. The van der Waals surface area contributed by atoms with E-state index in [-0.39, 0.29) is 0 Å². The Morgan fingerprint density at radius 1 is 1.30 bits per heavy atom. The highest BCUT2D eigenvalue weighted by Crippen LogP contribution is 2.24. The van der Waals surface area contributed by atoms with Gasteiger partial charge in [-0.3, -0.25) is 0 Å². The monoisotopic (exact) mass is 155 g/mol. The zero-order valence-electron chi connectivity index (χ0n) is 6.60. The van der Waals surface area contributed by atoms with Gasteiger partial charge in [0.1, 0.15) is 0 Å². The van der Waals surface area contributed by atoms with Crippen LogP contribution in [0.4, 0.5) is 0 Å². The lowest BCUT2D eigenvalue weighted by molar-refractivity contribution is 0.419. The second-order valence-electron chi connectivity index (χ2n) is 2.89. The molecular weight excluding hydrogens is 140 g/mol. The lowest BCUT2D eigenvalue weighted by Gasteiger charge is -2.17. The van der Waals surface area contributed by atoms with Crippen LogP contribution in [-0.2, 0) is 0 Å². The summed E-state index contributed by atoms with van der Waals surface area (Å²) in [5.41, 5.74) is 0. The van der Waals surface area contributed by atoms with Crippen LogP contribution in [0, 0.1) is 11.3 Å². The molecule has 0 unspecified atom stereocenters. The van der Waals surface area contributed by atoms with Gasteiger partial charge in [-0.25, -0.2) is 0 Å². The van der Waals surface area contributed by atoms with E-state index < -0.39 is 0 Å². The SMILES string of the molecule is CS[C]=CC1CCCCC1. The first kappa shape index (κ1) is 8.19. The number of hydrogen-bond donors (Lipinski definition) is 0. The average Bonchev–Trinajstić information content (AvgIpc) is 2.03. The van der Waals surface area contributed by atoms with Gasteiger partial charge in [0.25, 0.3) is 0 Å². The molecule has 1 aliphatic rings. The fourth-order valence-corrected chi connectivity index (χ4v) is 1.79. The summed E-state index contributed by atoms with van der Waals surface area (Å²) in [4.78, 5) is 0. The Kier molecular flexibility index (Phi) is 3.96. The molecule has 0 heterocycles. The summed E-state index contributed by atoms with van der Waals surface area (Å²) in [5, 5.41) is 3.21. The van der Waals surface area contributed by atoms with Gasteiger partial charge < -0.3 is 0 Å². The minimum absolute atomic E-state index is 0.848.